The molecule has 0 amide bonds. The fourth-order valence-electron chi connectivity index (χ4n) is 3.07. The quantitative estimate of drug-likeness (QED) is 0.916. The van der Waals surface area contributed by atoms with Gasteiger partial charge in [-0.2, -0.15) is 4.98 Å². The summed E-state index contributed by atoms with van der Waals surface area (Å²) in [4.78, 5) is 14.1. The lowest BCUT2D eigenvalue weighted by Crippen LogP contribution is -2.46. The summed E-state index contributed by atoms with van der Waals surface area (Å²) in [6.07, 6.45) is 0. The van der Waals surface area contributed by atoms with E-state index < -0.39 is 0 Å². The first-order valence-corrected chi connectivity index (χ1v) is 8.77. The van der Waals surface area contributed by atoms with E-state index in [0.717, 1.165) is 50.8 Å². The molecule has 3 rings (SSSR count). The first-order valence-electron chi connectivity index (χ1n) is 8.77. The Morgan fingerprint density at radius 3 is 2.50 bits per heavy atom. The van der Waals surface area contributed by atoms with Crippen molar-refractivity contribution >= 4 is 11.8 Å². The number of likely N-dealkylation sites (N-methyl/N-ethyl adjacent to an activating group) is 1. The normalized spacial score (nSPS) is 15.5. The van der Waals surface area contributed by atoms with Gasteiger partial charge in [0.1, 0.15) is 5.82 Å². The average molecular weight is 325 g/mol. The van der Waals surface area contributed by atoms with Crippen molar-refractivity contribution in [3.8, 4) is 0 Å². The largest absolute Gasteiger partial charge is 0.354 e. The first kappa shape index (κ1) is 16.7. The van der Waals surface area contributed by atoms with E-state index in [-0.39, 0.29) is 0 Å². The van der Waals surface area contributed by atoms with Crippen molar-refractivity contribution in [2.24, 2.45) is 0 Å². The van der Waals surface area contributed by atoms with E-state index in [1.165, 1.54) is 11.1 Å². The van der Waals surface area contributed by atoms with Crippen LogP contribution in [0.1, 0.15) is 23.7 Å². The van der Waals surface area contributed by atoms with Crippen LogP contribution >= 0.6 is 0 Å². The first-order chi connectivity index (χ1) is 11.7. The lowest BCUT2D eigenvalue weighted by atomic mass is 10.1. The van der Waals surface area contributed by atoms with Crippen LogP contribution in [0, 0.1) is 13.8 Å². The summed E-state index contributed by atoms with van der Waals surface area (Å²) in [5, 5.41) is 3.38. The number of benzene rings is 1. The van der Waals surface area contributed by atoms with Crippen molar-refractivity contribution in [2.45, 2.75) is 27.3 Å². The van der Waals surface area contributed by atoms with E-state index in [9.17, 15) is 0 Å². The summed E-state index contributed by atoms with van der Waals surface area (Å²) < 4.78 is 0. The highest BCUT2D eigenvalue weighted by atomic mass is 15.3. The average Bonchev–Trinajstić information content (AvgIpc) is 2.61. The maximum Gasteiger partial charge on any atom is 0.225 e. The second-order valence-corrected chi connectivity index (χ2v) is 6.39. The second kappa shape index (κ2) is 7.62. The van der Waals surface area contributed by atoms with Crippen molar-refractivity contribution in [3.05, 3.63) is 47.2 Å². The number of nitrogens with one attached hydrogen (secondary N) is 1. The molecular formula is C19H27N5. The lowest BCUT2D eigenvalue weighted by Gasteiger charge is -2.34. The molecule has 0 aliphatic carbocycles. The van der Waals surface area contributed by atoms with E-state index in [2.05, 4.69) is 64.3 Å². The van der Waals surface area contributed by atoms with Crippen LogP contribution in [-0.4, -0.2) is 47.6 Å². The van der Waals surface area contributed by atoms with Gasteiger partial charge in [0.05, 0.1) is 0 Å². The molecule has 1 aromatic carbocycles. The number of piperazine rings is 1. The Kier molecular flexibility index (Phi) is 5.30. The van der Waals surface area contributed by atoms with Gasteiger partial charge in [-0.25, -0.2) is 4.98 Å². The number of aryl methyl sites for hydroxylation is 2. The highest BCUT2D eigenvalue weighted by molar-refractivity contribution is 5.45. The number of rotatable bonds is 5. The SMILES string of the molecule is CCN1CCN(c2cc(C)nc(NCc3ccccc3C)n2)CC1. The van der Waals surface area contributed by atoms with Gasteiger partial charge in [-0.05, 0) is 31.5 Å². The second-order valence-electron chi connectivity index (χ2n) is 6.39. The van der Waals surface area contributed by atoms with Gasteiger partial charge in [-0.3, -0.25) is 0 Å². The molecule has 2 heterocycles. The summed E-state index contributed by atoms with van der Waals surface area (Å²) in [6.45, 7) is 12.5. The van der Waals surface area contributed by atoms with Gasteiger partial charge in [0.25, 0.3) is 0 Å². The number of hydrogen-bond donors (Lipinski definition) is 1. The van der Waals surface area contributed by atoms with Crippen molar-refractivity contribution in [3.63, 3.8) is 0 Å². The molecule has 0 radical (unpaired) electrons. The van der Waals surface area contributed by atoms with Crippen molar-refractivity contribution in [2.75, 3.05) is 42.9 Å². The summed E-state index contributed by atoms with van der Waals surface area (Å²) in [7, 11) is 0. The van der Waals surface area contributed by atoms with E-state index >= 15 is 0 Å². The molecule has 1 aliphatic rings. The maximum atomic E-state index is 4.74. The topological polar surface area (TPSA) is 44.3 Å². The molecular weight excluding hydrogens is 298 g/mol. The molecule has 5 heteroatoms. The van der Waals surface area contributed by atoms with Crippen LogP contribution in [0.3, 0.4) is 0 Å². The van der Waals surface area contributed by atoms with Crippen LogP contribution in [0.5, 0.6) is 0 Å². The van der Waals surface area contributed by atoms with Crippen LogP contribution in [0.4, 0.5) is 11.8 Å². The zero-order valence-corrected chi connectivity index (χ0v) is 14.9. The Morgan fingerprint density at radius 2 is 1.79 bits per heavy atom. The number of anilines is 2. The monoisotopic (exact) mass is 325 g/mol. The van der Waals surface area contributed by atoms with Gasteiger partial charge in [0.2, 0.25) is 5.95 Å². The van der Waals surface area contributed by atoms with Gasteiger partial charge in [0.15, 0.2) is 0 Å². The van der Waals surface area contributed by atoms with Gasteiger partial charge in [0, 0.05) is 44.5 Å². The van der Waals surface area contributed by atoms with Gasteiger partial charge < -0.3 is 15.1 Å². The summed E-state index contributed by atoms with van der Waals surface area (Å²) in [5.41, 5.74) is 3.57. The predicted molar refractivity (Wildman–Crippen MR) is 99.6 cm³/mol. The van der Waals surface area contributed by atoms with E-state index in [1.54, 1.807) is 0 Å². The zero-order chi connectivity index (χ0) is 16.9. The van der Waals surface area contributed by atoms with E-state index in [0.29, 0.717) is 5.95 Å². The molecule has 0 unspecified atom stereocenters. The Morgan fingerprint density at radius 1 is 1.04 bits per heavy atom. The molecule has 0 bridgehead atoms. The fourth-order valence-corrected chi connectivity index (χ4v) is 3.07. The molecule has 2 aromatic rings. The molecule has 5 nitrogen and oxygen atoms in total. The molecule has 0 atom stereocenters. The molecule has 128 valence electrons. The fraction of sp³-hybridized carbons (Fsp3) is 0.474. The molecule has 1 aromatic heterocycles. The van der Waals surface area contributed by atoms with Gasteiger partial charge >= 0.3 is 0 Å². The van der Waals surface area contributed by atoms with Crippen LogP contribution in [0.15, 0.2) is 30.3 Å². The third-order valence-electron chi connectivity index (χ3n) is 4.68. The molecule has 1 aliphatic heterocycles. The van der Waals surface area contributed by atoms with Crippen molar-refractivity contribution in [1.82, 2.24) is 14.9 Å². The minimum atomic E-state index is 0.714. The van der Waals surface area contributed by atoms with Crippen LogP contribution in [0.2, 0.25) is 0 Å². The molecule has 1 saturated heterocycles. The van der Waals surface area contributed by atoms with Crippen LogP contribution < -0.4 is 10.2 Å². The van der Waals surface area contributed by atoms with Crippen molar-refractivity contribution < 1.29 is 0 Å². The molecule has 0 spiro atoms. The summed E-state index contributed by atoms with van der Waals surface area (Å²) >= 11 is 0. The third kappa shape index (κ3) is 4.03. The molecule has 1 N–H and O–H groups in total. The standard InChI is InChI=1S/C19H27N5/c1-4-23-9-11-24(12-10-23)18-13-16(3)21-19(22-18)20-14-17-8-6-5-7-15(17)2/h5-8,13H,4,9-12,14H2,1-3H3,(H,20,21,22). The third-order valence-corrected chi connectivity index (χ3v) is 4.68. The highest BCUT2D eigenvalue weighted by Gasteiger charge is 2.17. The smallest absolute Gasteiger partial charge is 0.225 e. The Balaban J connectivity index is 1.69. The summed E-state index contributed by atoms with van der Waals surface area (Å²) in [6, 6.07) is 10.5. The maximum absolute atomic E-state index is 4.74. The lowest BCUT2D eigenvalue weighted by molar-refractivity contribution is 0.270. The molecule has 1 fully saturated rings. The van der Waals surface area contributed by atoms with Gasteiger partial charge in [-0.1, -0.05) is 31.2 Å². The van der Waals surface area contributed by atoms with E-state index in [1.807, 2.05) is 6.92 Å². The number of hydrogen-bond acceptors (Lipinski definition) is 5. The zero-order valence-electron chi connectivity index (χ0n) is 14.9. The minimum absolute atomic E-state index is 0.714. The van der Waals surface area contributed by atoms with Crippen LogP contribution in [0.25, 0.3) is 0 Å². The summed E-state index contributed by atoms with van der Waals surface area (Å²) in [5.74, 6) is 1.75. The number of nitrogens with zero attached hydrogens (tertiary/aromatic N) is 4. The van der Waals surface area contributed by atoms with Crippen LogP contribution in [-0.2, 0) is 6.54 Å². The Hall–Kier alpha value is -2.14. The number of aromatic nitrogens is 2. The Bertz CT molecular complexity index is 677. The Labute approximate surface area is 144 Å². The predicted octanol–water partition coefficient (Wildman–Crippen LogP) is 2.85. The van der Waals surface area contributed by atoms with E-state index in [4.69, 9.17) is 4.98 Å². The van der Waals surface area contributed by atoms with Crippen molar-refractivity contribution in [1.29, 1.82) is 0 Å². The minimum Gasteiger partial charge on any atom is -0.354 e. The highest BCUT2D eigenvalue weighted by Crippen LogP contribution is 2.18. The molecule has 0 saturated carbocycles. The van der Waals surface area contributed by atoms with Gasteiger partial charge in [-0.15, -0.1) is 0 Å². The molecule has 24 heavy (non-hydrogen) atoms.